The zero-order valence-corrected chi connectivity index (χ0v) is 13.8. The molecule has 3 N–H and O–H groups in total. The van der Waals surface area contributed by atoms with E-state index in [-0.39, 0.29) is 0 Å². The first kappa shape index (κ1) is 16.7. The van der Waals surface area contributed by atoms with E-state index in [1.54, 1.807) is 0 Å². The van der Waals surface area contributed by atoms with Gasteiger partial charge in [-0.25, -0.2) is 4.99 Å². The van der Waals surface area contributed by atoms with E-state index >= 15 is 0 Å². The number of rotatable bonds is 6. The minimum atomic E-state index is 0.498. The lowest BCUT2D eigenvalue weighted by molar-refractivity contribution is 0.271. The highest BCUT2D eigenvalue weighted by atomic mass is 16.5. The topological polar surface area (TPSA) is 59.6 Å². The molecule has 1 aliphatic rings. The normalized spacial score (nSPS) is 16.8. The lowest BCUT2D eigenvalue weighted by Crippen LogP contribution is -2.41. The van der Waals surface area contributed by atoms with Crippen LogP contribution in [0.1, 0.15) is 51.5 Å². The molecule has 0 bridgehead atoms. The van der Waals surface area contributed by atoms with Crippen LogP contribution in [0.25, 0.3) is 0 Å². The molecule has 0 heterocycles. The van der Waals surface area contributed by atoms with Gasteiger partial charge in [-0.05, 0) is 36.5 Å². The fourth-order valence-corrected chi connectivity index (χ4v) is 2.67. The highest BCUT2D eigenvalue weighted by Crippen LogP contribution is 2.17. The Kier molecular flexibility index (Phi) is 6.56. The first-order valence-electron chi connectivity index (χ1n) is 8.41. The molecule has 0 spiro atoms. The number of aliphatic imine (C=N–C) groups is 1. The van der Waals surface area contributed by atoms with E-state index in [9.17, 15) is 0 Å². The molecule has 0 radical (unpaired) electrons. The van der Waals surface area contributed by atoms with Crippen molar-refractivity contribution in [3.63, 3.8) is 0 Å². The third-order valence-electron chi connectivity index (χ3n) is 3.87. The van der Waals surface area contributed by atoms with Crippen LogP contribution in [-0.4, -0.2) is 18.6 Å². The van der Waals surface area contributed by atoms with Gasteiger partial charge in [0.25, 0.3) is 0 Å². The van der Waals surface area contributed by atoms with Crippen molar-refractivity contribution in [1.29, 1.82) is 0 Å². The van der Waals surface area contributed by atoms with Crippen molar-refractivity contribution in [3.8, 4) is 5.75 Å². The lowest BCUT2D eigenvalue weighted by atomic mass is 9.96. The summed E-state index contributed by atoms with van der Waals surface area (Å²) in [7, 11) is 0. The molecule has 22 heavy (non-hydrogen) atoms. The molecule has 1 saturated carbocycles. The first-order valence-corrected chi connectivity index (χ1v) is 8.41. The SMILES string of the molecule is CC(C)COc1cccc(CN=C(N)NC2CCCCC2)c1. The van der Waals surface area contributed by atoms with Crippen LogP contribution in [0.2, 0.25) is 0 Å². The van der Waals surface area contributed by atoms with Gasteiger partial charge in [0.05, 0.1) is 13.2 Å². The largest absolute Gasteiger partial charge is 0.493 e. The highest BCUT2D eigenvalue weighted by molar-refractivity contribution is 5.78. The maximum absolute atomic E-state index is 6.00. The Morgan fingerprint density at radius 3 is 2.82 bits per heavy atom. The summed E-state index contributed by atoms with van der Waals surface area (Å²) in [5.41, 5.74) is 7.12. The van der Waals surface area contributed by atoms with E-state index in [1.165, 1.54) is 32.1 Å². The number of nitrogens with two attached hydrogens (primary N) is 1. The summed E-state index contributed by atoms with van der Waals surface area (Å²) in [5.74, 6) is 1.98. The number of nitrogens with one attached hydrogen (secondary N) is 1. The van der Waals surface area contributed by atoms with Crippen LogP contribution < -0.4 is 15.8 Å². The van der Waals surface area contributed by atoms with E-state index in [4.69, 9.17) is 10.5 Å². The van der Waals surface area contributed by atoms with Crippen LogP contribution in [0.3, 0.4) is 0 Å². The molecule has 0 atom stereocenters. The number of benzene rings is 1. The van der Waals surface area contributed by atoms with Gasteiger partial charge in [-0.3, -0.25) is 0 Å². The van der Waals surface area contributed by atoms with Crippen LogP contribution >= 0.6 is 0 Å². The van der Waals surface area contributed by atoms with Crippen molar-refractivity contribution in [3.05, 3.63) is 29.8 Å². The molecular formula is C18H29N3O. The molecule has 0 aliphatic heterocycles. The molecule has 1 aromatic carbocycles. The molecular weight excluding hydrogens is 274 g/mol. The maximum atomic E-state index is 6.00. The third-order valence-corrected chi connectivity index (χ3v) is 3.87. The Morgan fingerprint density at radius 1 is 1.32 bits per heavy atom. The summed E-state index contributed by atoms with van der Waals surface area (Å²) in [6.07, 6.45) is 6.34. The van der Waals surface area contributed by atoms with E-state index < -0.39 is 0 Å². The van der Waals surface area contributed by atoms with Crippen molar-refractivity contribution in [2.45, 2.75) is 58.5 Å². The molecule has 0 amide bonds. The molecule has 122 valence electrons. The molecule has 0 saturated heterocycles. The second-order valence-electron chi connectivity index (χ2n) is 6.53. The highest BCUT2D eigenvalue weighted by Gasteiger charge is 2.13. The minimum absolute atomic E-state index is 0.498. The molecule has 1 aliphatic carbocycles. The third kappa shape index (κ3) is 5.96. The number of nitrogens with zero attached hydrogens (tertiary/aromatic N) is 1. The van der Waals surface area contributed by atoms with Gasteiger partial charge in [0.2, 0.25) is 0 Å². The first-order chi connectivity index (χ1) is 10.6. The van der Waals surface area contributed by atoms with Crippen molar-refractivity contribution in [2.24, 2.45) is 16.6 Å². The summed E-state index contributed by atoms with van der Waals surface area (Å²) in [4.78, 5) is 4.45. The van der Waals surface area contributed by atoms with Gasteiger partial charge in [0, 0.05) is 6.04 Å². The summed E-state index contributed by atoms with van der Waals surface area (Å²) in [6, 6.07) is 8.59. The summed E-state index contributed by atoms with van der Waals surface area (Å²) in [5, 5.41) is 3.34. The predicted octanol–water partition coefficient (Wildman–Crippen LogP) is 3.46. The standard InChI is InChI=1S/C18H29N3O/c1-14(2)13-22-17-10-6-7-15(11-17)12-20-18(19)21-16-8-4-3-5-9-16/h6-7,10-11,14,16H,3-5,8-9,12-13H2,1-2H3,(H3,19,20,21). The zero-order valence-electron chi connectivity index (χ0n) is 13.8. The van der Waals surface area contributed by atoms with E-state index in [0.29, 0.717) is 24.5 Å². The Labute approximate surface area is 134 Å². The summed E-state index contributed by atoms with van der Waals surface area (Å²) in [6.45, 7) is 5.61. The molecule has 4 heteroatoms. The van der Waals surface area contributed by atoms with Crippen LogP contribution in [-0.2, 0) is 6.54 Å². The zero-order chi connectivity index (χ0) is 15.8. The maximum Gasteiger partial charge on any atom is 0.189 e. The number of hydrogen-bond acceptors (Lipinski definition) is 2. The van der Waals surface area contributed by atoms with Gasteiger partial charge >= 0.3 is 0 Å². The number of ether oxygens (including phenoxy) is 1. The van der Waals surface area contributed by atoms with Crippen molar-refractivity contribution < 1.29 is 4.74 Å². The Balaban J connectivity index is 1.84. The van der Waals surface area contributed by atoms with Gasteiger partial charge in [-0.2, -0.15) is 0 Å². The summed E-state index contributed by atoms with van der Waals surface area (Å²) >= 11 is 0. The van der Waals surface area contributed by atoms with Crippen molar-refractivity contribution in [1.82, 2.24) is 5.32 Å². The molecule has 1 aromatic rings. The molecule has 1 fully saturated rings. The van der Waals surface area contributed by atoms with E-state index in [1.807, 2.05) is 18.2 Å². The van der Waals surface area contributed by atoms with Crippen LogP contribution in [0.4, 0.5) is 0 Å². The average molecular weight is 303 g/mol. The van der Waals surface area contributed by atoms with E-state index in [0.717, 1.165) is 17.9 Å². The van der Waals surface area contributed by atoms with Gasteiger partial charge in [-0.15, -0.1) is 0 Å². The quantitative estimate of drug-likeness (QED) is 0.625. The monoisotopic (exact) mass is 303 g/mol. The van der Waals surface area contributed by atoms with E-state index in [2.05, 4.69) is 30.2 Å². The predicted molar refractivity (Wildman–Crippen MR) is 92.1 cm³/mol. The summed E-state index contributed by atoms with van der Waals surface area (Å²) < 4.78 is 5.74. The van der Waals surface area contributed by atoms with Crippen LogP contribution in [0, 0.1) is 5.92 Å². The fraction of sp³-hybridized carbons (Fsp3) is 0.611. The van der Waals surface area contributed by atoms with Gasteiger partial charge in [0.15, 0.2) is 5.96 Å². The van der Waals surface area contributed by atoms with Crippen molar-refractivity contribution >= 4 is 5.96 Å². The Hall–Kier alpha value is -1.71. The minimum Gasteiger partial charge on any atom is -0.493 e. The molecule has 4 nitrogen and oxygen atoms in total. The Bertz CT molecular complexity index is 479. The average Bonchev–Trinajstić information content (AvgIpc) is 2.52. The number of guanidine groups is 1. The fourth-order valence-electron chi connectivity index (χ4n) is 2.67. The molecule has 0 aromatic heterocycles. The number of hydrogen-bond donors (Lipinski definition) is 2. The van der Waals surface area contributed by atoms with Gasteiger partial charge in [0.1, 0.15) is 5.75 Å². The van der Waals surface area contributed by atoms with Crippen molar-refractivity contribution in [2.75, 3.05) is 6.61 Å². The smallest absolute Gasteiger partial charge is 0.189 e. The van der Waals surface area contributed by atoms with Crippen LogP contribution in [0.15, 0.2) is 29.3 Å². The molecule has 0 unspecified atom stereocenters. The lowest BCUT2D eigenvalue weighted by Gasteiger charge is -2.23. The second-order valence-corrected chi connectivity index (χ2v) is 6.53. The van der Waals surface area contributed by atoms with Crippen LogP contribution in [0.5, 0.6) is 5.75 Å². The molecule has 2 rings (SSSR count). The Morgan fingerprint density at radius 2 is 2.09 bits per heavy atom. The van der Waals surface area contributed by atoms with Gasteiger partial charge < -0.3 is 15.8 Å². The van der Waals surface area contributed by atoms with Gasteiger partial charge in [-0.1, -0.05) is 45.2 Å². The second kappa shape index (κ2) is 8.66.